The predicted molar refractivity (Wildman–Crippen MR) is 84.0 cm³/mol. The Morgan fingerprint density at radius 2 is 1.88 bits per heavy atom. The summed E-state index contributed by atoms with van der Waals surface area (Å²) in [5.74, 6) is -0.564. The fraction of sp³-hybridized carbons (Fsp3) is 0.333. The molecule has 24 heavy (non-hydrogen) atoms. The molecule has 0 bridgehead atoms. The highest BCUT2D eigenvalue weighted by atomic mass is 32.1. The summed E-state index contributed by atoms with van der Waals surface area (Å²) < 4.78 is 37.9. The molecule has 0 aliphatic heterocycles. The van der Waals surface area contributed by atoms with Crippen molar-refractivity contribution >= 4 is 22.4 Å². The zero-order chi connectivity index (χ0) is 17.9. The normalized spacial score (nSPS) is 13.0. The predicted octanol–water partition coefficient (Wildman–Crippen LogP) is 4.09. The second-order valence-electron chi connectivity index (χ2n) is 5.46. The van der Waals surface area contributed by atoms with Crippen LogP contribution in [0.25, 0.3) is 0 Å². The molecule has 1 amide bonds. The first-order valence-electron chi connectivity index (χ1n) is 7.06. The number of hydrogen-bond donors (Lipinski definition) is 3. The molecule has 0 unspecified atom stereocenters. The lowest BCUT2D eigenvalue weighted by molar-refractivity contribution is -0.140. The van der Waals surface area contributed by atoms with E-state index in [4.69, 9.17) is 5.21 Å². The van der Waals surface area contributed by atoms with Crippen LogP contribution in [0, 0.1) is 5.92 Å². The second-order valence-corrected chi connectivity index (χ2v) is 6.32. The largest absolute Gasteiger partial charge is 0.434 e. The average molecular weight is 359 g/mol. The van der Waals surface area contributed by atoms with E-state index in [0.717, 1.165) is 22.3 Å². The van der Waals surface area contributed by atoms with Crippen molar-refractivity contribution in [1.29, 1.82) is 0 Å². The number of hydrogen-bond acceptors (Lipinski definition) is 5. The molecule has 9 heteroatoms. The number of nitrogens with zero attached hydrogens (tertiary/aromatic N) is 1. The molecule has 5 nitrogen and oxygen atoms in total. The van der Waals surface area contributed by atoms with Crippen LogP contribution in [-0.2, 0) is 6.18 Å². The van der Waals surface area contributed by atoms with Gasteiger partial charge in [-0.15, -0.1) is 11.3 Å². The summed E-state index contributed by atoms with van der Waals surface area (Å²) in [6.07, 6.45) is -4.47. The van der Waals surface area contributed by atoms with Crippen LogP contribution in [0.1, 0.15) is 41.5 Å². The average Bonchev–Trinajstić information content (AvgIpc) is 3.01. The molecular formula is C15H16F3N3O2S. The first kappa shape index (κ1) is 18.2. The summed E-state index contributed by atoms with van der Waals surface area (Å²) in [5, 5.41) is 12.8. The van der Waals surface area contributed by atoms with Gasteiger partial charge in [0.2, 0.25) is 0 Å². The van der Waals surface area contributed by atoms with Gasteiger partial charge in [-0.05, 0) is 23.6 Å². The van der Waals surface area contributed by atoms with Gasteiger partial charge >= 0.3 is 6.18 Å². The van der Waals surface area contributed by atoms with Gasteiger partial charge in [-0.3, -0.25) is 10.0 Å². The Kier molecular flexibility index (Phi) is 5.45. The SMILES string of the molecule is CC(C)[C@@H](Nc1nc(C(F)(F)F)cs1)c1ccc(C(=O)NO)cc1. The van der Waals surface area contributed by atoms with Crippen molar-refractivity contribution in [3.63, 3.8) is 0 Å². The molecule has 130 valence electrons. The van der Waals surface area contributed by atoms with E-state index >= 15 is 0 Å². The molecule has 3 N–H and O–H groups in total. The minimum Gasteiger partial charge on any atom is -0.354 e. The molecule has 0 aliphatic rings. The first-order valence-corrected chi connectivity index (χ1v) is 7.94. The molecule has 2 aromatic rings. The Hall–Kier alpha value is -2.13. The Labute approximate surface area is 140 Å². The lowest BCUT2D eigenvalue weighted by Crippen LogP contribution is -2.20. The highest BCUT2D eigenvalue weighted by molar-refractivity contribution is 7.13. The Morgan fingerprint density at radius 1 is 1.25 bits per heavy atom. The van der Waals surface area contributed by atoms with E-state index in [1.165, 1.54) is 17.6 Å². The van der Waals surface area contributed by atoms with Gasteiger partial charge in [0, 0.05) is 10.9 Å². The van der Waals surface area contributed by atoms with Gasteiger partial charge in [-0.1, -0.05) is 26.0 Å². The van der Waals surface area contributed by atoms with Crippen LogP contribution < -0.4 is 10.8 Å². The number of thiazole rings is 1. The number of anilines is 1. The highest BCUT2D eigenvalue weighted by Gasteiger charge is 2.34. The van der Waals surface area contributed by atoms with E-state index in [1.54, 1.807) is 12.1 Å². The van der Waals surface area contributed by atoms with E-state index in [2.05, 4.69) is 10.3 Å². The summed E-state index contributed by atoms with van der Waals surface area (Å²) >= 11 is 0.889. The Bertz CT molecular complexity index is 699. The smallest absolute Gasteiger partial charge is 0.354 e. The first-order chi connectivity index (χ1) is 11.2. The summed E-state index contributed by atoms with van der Waals surface area (Å²) in [6.45, 7) is 3.84. The van der Waals surface area contributed by atoms with Gasteiger partial charge in [0.25, 0.3) is 5.91 Å². The van der Waals surface area contributed by atoms with Gasteiger partial charge in [0.1, 0.15) is 0 Å². The van der Waals surface area contributed by atoms with Crippen LogP contribution in [0.2, 0.25) is 0 Å². The van der Waals surface area contributed by atoms with Crippen LogP contribution in [0.15, 0.2) is 29.6 Å². The Morgan fingerprint density at radius 3 is 2.33 bits per heavy atom. The van der Waals surface area contributed by atoms with Crippen LogP contribution in [0.5, 0.6) is 0 Å². The van der Waals surface area contributed by atoms with Crippen molar-refractivity contribution in [3.8, 4) is 0 Å². The highest BCUT2D eigenvalue weighted by Crippen LogP contribution is 2.34. The zero-order valence-electron chi connectivity index (χ0n) is 12.9. The number of carbonyl (C=O) groups excluding carboxylic acids is 1. The minimum atomic E-state index is -4.47. The molecule has 1 aromatic heterocycles. The molecule has 1 aromatic carbocycles. The number of halogens is 3. The number of nitrogens with one attached hydrogen (secondary N) is 2. The van der Waals surface area contributed by atoms with Gasteiger partial charge in [0.15, 0.2) is 10.8 Å². The van der Waals surface area contributed by atoms with Crippen molar-refractivity contribution in [2.24, 2.45) is 5.92 Å². The number of alkyl halides is 3. The number of carbonyl (C=O) groups is 1. The van der Waals surface area contributed by atoms with E-state index in [-0.39, 0.29) is 22.7 Å². The number of hydroxylamine groups is 1. The van der Waals surface area contributed by atoms with Gasteiger partial charge < -0.3 is 5.32 Å². The topological polar surface area (TPSA) is 74.2 Å². The molecule has 1 heterocycles. The van der Waals surface area contributed by atoms with E-state index < -0.39 is 17.8 Å². The van der Waals surface area contributed by atoms with Gasteiger partial charge in [0.05, 0.1) is 6.04 Å². The number of amides is 1. The fourth-order valence-corrected chi connectivity index (χ4v) is 2.90. The summed E-state index contributed by atoms with van der Waals surface area (Å²) in [6, 6.07) is 6.14. The van der Waals surface area contributed by atoms with Gasteiger partial charge in [-0.25, -0.2) is 10.5 Å². The van der Waals surface area contributed by atoms with Crippen LogP contribution in [-0.4, -0.2) is 16.1 Å². The number of rotatable bonds is 5. The monoisotopic (exact) mass is 359 g/mol. The Balaban J connectivity index is 2.20. The van der Waals surface area contributed by atoms with E-state index in [9.17, 15) is 18.0 Å². The minimum absolute atomic E-state index is 0.0701. The van der Waals surface area contributed by atoms with Crippen molar-refractivity contribution in [2.75, 3.05) is 5.32 Å². The van der Waals surface area contributed by atoms with Crippen LogP contribution in [0.3, 0.4) is 0 Å². The van der Waals surface area contributed by atoms with Crippen LogP contribution in [0.4, 0.5) is 18.3 Å². The van der Waals surface area contributed by atoms with Crippen molar-refractivity contribution < 1.29 is 23.2 Å². The molecular weight excluding hydrogens is 343 g/mol. The standard InChI is InChI=1S/C15H16F3N3O2S/c1-8(2)12(9-3-5-10(6-4-9)13(22)21-23)20-14-19-11(7-24-14)15(16,17)18/h3-8,12,23H,1-2H3,(H,19,20)(H,21,22)/t12-/m1/s1. The maximum absolute atomic E-state index is 12.6. The van der Waals surface area contributed by atoms with Crippen molar-refractivity contribution in [1.82, 2.24) is 10.5 Å². The number of benzene rings is 1. The number of aromatic nitrogens is 1. The molecule has 2 rings (SSSR count). The maximum atomic E-state index is 12.6. The third-order valence-electron chi connectivity index (χ3n) is 3.37. The maximum Gasteiger partial charge on any atom is 0.434 e. The fourth-order valence-electron chi connectivity index (χ4n) is 2.14. The summed E-state index contributed by atoms with van der Waals surface area (Å²) in [5.41, 5.74) is 1.69. The zero-order valence-corrected chi connectivity index (χ0v) is 13.7. The van der Waals surface area contributed by atoms with Gasteiger partial charge in [-0.2, -0.15) is 13.2 Å². The molecule has 1 atom stereocenters. The second kappa shape index (κ2) is 7.18. The molecule has 0 radical (unpaired) electrons. The van der Waals surface area contributed by atoms with Crippen LogP contribution >= 0.6 is 11.3 Å². The third kappa shape index (κ3) is 4.24. The van der Waals surface area contributed by atoms with E-state index in [0.29, 0.717) is 0 Å². The third-order valence-corrected chi connectivity index (χ3v) is 4.15. The molecule has 0 fully saturated rings. The van der Waals surface area contributed by atoms with E-state index in [1.807, 2.05) is 13.8 Å². The molecule has 0 spiro atoms. The molecule has 0 saturated carbocycles. The lowest BCUT2D eigenvalue weighted by atomic mass is 9.95. The quantitative estimate of drug-likeness (QED) is 0.555. The summed E-state index contributed by atoms with van der Waals surface area (Å²) in [7, 11) is 0. The summed E-state index contributed by atoms with van der Waals surface area (Å²) in [4.78, 5) is 14.9. The molecule has 0 aliphatic carbocycles. The molecule has 0 saturated heterocycles. The lowest BCUT2D eigenvalue weighted by Gasteiger charge is -2.22. The van der Waals surface area contributed by atoms with Crippen molar-refractivity contribution in [3.05, 3.63) is 46.5 Å². The van der Waals surface area contributed by atoms with Crippen molar-refractivity contribution in [2.45, 2.75) is 26.1 Å².